The Morgan fingerprint density at radius 1 is 1.19 bits per heavy atom. The van der Waals surface area contributed by atoms with Crippen molar-refractivity contribution in [3.63, 3.8) is 0 Å². The summed E-state index contributed by atoms with van der Waals surface area (Å²) < 4.78 is 26.9. The molecule has 0 radical (unpaired) electrons. The number of sulfonamides is 1. The number of anilines is 1. The van der Waals surface area contributed by atoms with Crippen LogP contribution in [0, 0.1) is 20.8 Å². The zero-order chi connectivity index (χ0) is 15.8. The number of aromatic amines is 1. The summed E-state index contributed by atoms with van der Waals surface area (Å²) in [7, 11) is -2.16. The van der Waals surface area contributed by atoms with Crippen molar-refractivity contribution in [3.05, 3.63) is 40.7 Å². The van der Waals surface area contributed by atoms with Gasteiger partial charge >= 0.3 is 0 Å². The average molecular weight is 308 g/mol. The lowest BCUT2D eigenvalue weighted by Gasteiger charge is -2.21. The Balaban J connectivity index is 2.55. The van der Waals surface area contributed by atoms with Crippen molar-refractivity contribution < 1.29 is 8.42 Å². The number of hydrogen-bond donors (Lipinski definition) is 2. The second-order valence-electron chi connectivity index (χ2n) is 5.15. The lowest BCUT2D eigenvalue weighted by Crippen LogP contribution is -2.28. The Kier molecular flexibility index (Phi) is 4.06. The number of nitrogens with one attached hydrogen (secondary N) is 1. The molecule has 0 saturated heterocycles. The van der Waals surface area contributed by atoms with Gasteiger partial charge in [0.1, 0.15) is 4.90 Å². The van der Waals surface area contributed by atoms with E-state index in [9.17, 15) is 8.42 Å². The van der Waals surface area contributed by atoms with Gasteiger partial charge in [-0.25, -0.2) is 8.42 Å². The zero-order valence-corrected chi connectivity index (χ0v) is 13.5. The lowest BCUT2D eigenvalue weighted by atomic mass is 10.1. The first kappa shape index (κ1) is 15.5. The molecule has 0 aliphatic rings. The largest absolute Gasteiger partial charge is 0.325 e. The molecule has 1 aromatic heterocycles. The van der Waals surface area contributed by atoms with Crippen LogP contribution in [0.1, 0.15) is 22.5 Å². The minimum absolute atomic E-state index is 0.0690. The SMILES string of the molecule is Cc1cc(C)cc(N(C)S(=O)(=O)c2c(CN)n[nH]c2C)c1. The van der Waals surface area contributed by atoms with E-state index in [4.69, 9.17) is 5.73 Å². The molecule has 3 N–H and O–H groups in total. The van der Waals surface area contributed by atoms with E-state index in [1.165, 1.54) is 11.4 Å². The Morgan fingerprint density at radius 3 is 2.29 bits per heavy atom. The summed E-state index contributed by atoms with van der Waals surface area (Å²) in [6.45, 7) is 5.62. The molecule has 114 valence electrons. The van der Waals surface area contributed by atoms with E-state index in [1.807, 2.05) is 32.0 Å². The van der Waals surface area contributed by atoms with Crippen LogP contribution >= 0.6 is 0 Å². The third-order valence-electron chi connectivity index (χ3n) is 3.34. The van der Waals surface area contributed by atoms with E-state index in [1.54, 1.807) is 6.92 Å². The van der Waals surface area contributed by atoms with Crippen molar-refractivity contribution in [1.29, 1.82) is 0 Å². The van der Waals surface area contributed by atoms with Gasteiger partial charge in [-0.1, -0.05) is 6.07 Å². The maximum Gasteiger partial charge on any atom is 0.267 e. The molecule has 7 heteroatoms. The summed E-state index contributed by atoms with van der Waals surface area (Å²) in [5.74, 6) is 0. The van der Waals surface area contributed by atoms with Gasteiger partial charge in [0.2, 0.25) is 0 Å². The number of aryl methyl sites for hydroxylation is 3. The number of aromatic nitrogens is 2. The van der Waals surface area contributed by atoms with Crippen molar-refractivity contribution in [2.24, 2.45) is 5.73 Å². The number of nitrogens with zero attached hydrogens (tertiary/aromatic N) is 2. The van der Waals surface area contributed by atoms with Gasteiger partial charge in [-0.2, -0.15) is 5.10 Å². The second kappa shape index (κ2) is 5.50. The summed E-state index contributed by atoms with van der Waals surface area (Å²) in [6, 6.07) is 5.67. The van der Waals surface area contributed by atoms with Crippen LogP contribution in [0.15, 0.2) is 23.1 Å². The van der Waals surface area contributed by atoms with Gasteiger partial charge in [-0.15, -0.1) is 0 Å². The number of H-pyrrole nitrogens is 1. The molecule has 6 nitrogen and oxygen atoms in total. The Hall–Kier alpha value is -1.86. The molecule has 2 rings (SSSR count). The van der Waals surface area contributed by atoms with E-state index in [-0.39, 0.29) is 11.4 Å². The highest BCUT2D eigenvalue weighted by Gasteiger charge is 2.28. The van der Waals surface area contributed by atoms with E-state index in [0.717, 1.165) is 11.1 Å². The molecule has 0 atom stereocenters. The fourth-order valence-electron chi connectivity index (χ4n) is 2.36. The Bertz CT molecular complexity index is 745. The Labute approximate surface area is 125 Å². The molecule has 21 heavy (non-hydrogen) atoms. The van der Waals surface area contributed by atoms with Gasteiger partial charge in [0, 0.05) is 13.6 Å². The van der Waals surface area contributed by atoms with Crippen molar-refractivity contribution in [3.8, 4) is 0 Å². The lowest BCUT2D eigenvalue weighted by molar-refractivity contribution is 0.592. The van der Waals surface area contributed by atoms with Crippen LogP contribution in [-0.4, -0.2) is 25.7 Å². The quantitative estimate of drug-likeness (QED) is 0.897. The van der Waals surface area contributed by atoms with Crippen molar-refractivity contribution in [2.45, 2.75) is 32.2 Å². The van der Waals surface area contributed by atoms with E-state index < -0.39 is 10.0 Å². The number of benzene rings is 1. The smallest absolute Gasteiger partial charge is 0.267 e. The van der Waals surface area contributed by atoms with E-state index in [0.29, 0.717) is 17.1 Å². The van der Waals surface area contributed by atoms with Crippen LogP contribution in [-0.2, 0) is 16.6 Å². The van der Waals surface area contributed by atoms with Crippen molar-refractivity contribution >= 4 is 15.7 Å². The molecular weight excluding hydrogens is 288 g/mol. The van der Waals surface area contributed by atoms with Crippen molar-refractivity contribution in [1.82, 2.24) is 10.2 Å². The number of nitrogens with two attached hydrogens (primary N) is 1. The van der Waals surface area contributed by atoms with Gasteiger partial charge in [0.05, 0.1) is 17.1 Å². The fraction of sp³-hybridized carbons (Fsp3) is 0.357. The van der Waals surface area contributed by atoms with Gasteiger partial charge in [0.15, 0.2) is 0 Å². The third-order valence-corrected chi connectivity index (χ3v) is 5.33. The molecule has 0 unspecified atom stereocenters. The first-order chi connectivity index (χ1) is 9.77. The monoisotopic (exact) mass is 308 g/mol. The zero-order valence-electron chi connectivity index (χ0n) is 12.6. The molecule has 1 aromatic carbocycles. The molecule has 2 aromatic rings. The minimum atomic E-state index is -3.70. The van der Waals surface area contributed by atoms with E-state index >= 15 is 0 Å². The van der Waals surface area contributed by atoms with Crippen LogP contribution in [0.5, 0.6) is 0 Å². The van der Waals surface area contributed by atoms with Crippen LogP contribution in [0.3, 0.4) is 0 Å². The third kappa shape index (κ3) is 2.79. The molecule has 1 heterocycles. The van der Waals surface area contributed by atoms with Gasteiger partial charge in [-0.05, 0) is 44.0 Å². The molecule has 0 amide bonds. The molecular formula is C14H20N4O2S. The van der Waals surface area contributed by atoms with Crippen LogP contribution < -0.4 is 10.0 Å². The molecule has 0 saturated carbocycles. The maximum atomic E-state index is 12.8. The summed E-state index contributed by atoms with van der Waals surface area (Å²) in [4.78, 5) is 0.159. The summed E-state index contributed by atoms with van der Waals surface area (Å²) in [5.41, 5.74) is 9.07. The maximum absolute atomic E-state index is 12.8. The normalized spacial score (nSPS) is 11.7. The van der Waals surface area contributed by atoms with Crippen LogP contribution in [0.25, 0.3) is 0 Å². The molecule has 0 aliphatic carbocycles. The first-order valence-corrected chi connectivity index (χ1v) is 8.02. The van der Waals surface area contributed by atoms with Crippen molar-refractivity contribution in [2.75, 3.05) is 11.4 Å². The standard InChI is InChI=1S/C14H20N4O2S/c1-9-5-10(2)7-12(6-9)18(4)21(19,20)14-11(3)16-17-13(14)8-15/h5-7H,8,15H2,1-4H3,(H,16,17). The summed E-state index contributed by atoms with van der Waals surface area (Å²) >= 11 is 0. The highest BCUT2D eigenvalue weighted by molar-refractivity contribution is 7.92. The van der Waals surface area contributed by atoms with Gasteiger partial charge in [0.25, 0.3) is 10.0 Å². The predicted octanol–water partition coefficient (Wildman–Crippen LogP) is 1.62. The average Bonchev–Trinajstić information content (AvgIpc) is 2.78. The first-order valence-electron chi connectivity index (χ1n) is 6.58. The molecule has 0 bridgehead atoms. The van der Waals surface area contributed by atoms with Crippen LogP contribution in [0.2, 0.25) is 0 Å². The Morgan fingerprint density at radius 2 is 1.76 bits per heavy atom. The van der Waals surface area contributed by atoms with E-state index in [2.05, 4.69) is 10.2 Å². The minimum Gasteiger partial charge on any atom is -0.325 e. The highest BCUT2D eigenvalue weighted by atomic mass is 32.2. The number of hydrogen-bond acceptors (Lipinski definition) is 4. The fourth-order valence-corrected chi connectivity index (χ4v) is 3.87. The highest BCUT2D eigenvalue weighted by Crippen LogP contribution is 2.27. The number of rotatable bonds is 4. The predicted molar refractivity (Wildman–Crippen MR) is 82.7 cm³/mol. The van der Waals surface area contributed by atoms with Crippen LogP contribution in [0.4, 0.5) is 5.69 Å². The molecule has 0 aliphatic heterocycles. The second-order valence-corrected chi connectivity index (χ2v) is 7.05. The summed E-state index contributed by atoms with van der Waals surface area (Å²) in [5, 5.41) is 6.64. The van der Waals surface area contributed by atoms with Gasteiger partial charge in [-0.3, -0.25) is 9.40 Å². The molecule has 0 fully saturated rings. The summed E-state index contributed by atoms with van der Waals surface area (Å²) in [6.07, 6.45) is 0. The topological polar surface area (TPSA) is 92.1 Å². The van der Waals surface area contributed by atoms with Gasteiger partial charge < -0.3 is 5.73 Å². The molecule has 0 spiro atoms.